The standard InChI is InChI=1S/C14H19F3N2O3.ClH/c1-10(18-2)7-19-13(20)8-21-11-5-3-4-6-12(11)22-9-14(15,16)17;/h3-6,10,18H,7-9H2,1-2H3,(H,19,20);1H. The number of benzene rings is 1. The highest BCUT2D eigenvalue weighted by Crippen LogP contribution is 2.28. The van der Waals surface area contributed by atoms with E-state index in [4.69, 9.17) is 4.74 Å². The van der Waals surface area contributed by atoms with Crippen LogP contribution in [-0.4, -0.2) is 44.9 Å². The van der Waals surface area contributed by atoms with Crippen molar-refractivity contribution < 1.29 is 27.4 Å². The van der Waals surface area contributed by atoms with Gasteiger partial charge in [-0.25, -0.2) is 0 Å². The van der Waals surface area contributed by atoms with Gasteiger partial charge >= 0.3 is 6.18 Å². The van der Waals surface area contributed by atoms with Gasteiger partial charge in [-0.1, -0.05) is 12.1 Å². The maximum Gasteiger partial charge on any atom is 0.422 e. The smallest absolute Gasteiger partial charge is 0.422 e. The third kappa shape index (κ3) is 9.14. The Bertz CT molecular complexity index is 487. The highest BCUT2D eigenvalue weighted by atomic mass is 35.5. The van der Waals surface area contributed by atoms with Gasteiger partial charge < -0.3 is 20.1 Å². The molecular formula is C14H20ClF3N2O3. The topological polar surface area (TPSA) is 59.6 Å². The Morgan fingerprint density at radius 3 is 2.30 bits per heavy atom. The Labute approximate surface area is 138 Å². The van der Waals surface area contributed by atoms with E-state index < -0.39 is 12.8 Å². The van der Waals surface area contributed by atoms with Crippen molar-refractivity contribution in [2.75, 3.05) is 26.8 Å². The molecule has 1 rings (SSSR count). The fourth-order valence-electron chi connectivity index (χ4n) is 1.41. The number of carbonyl (C=O) groups excluding carboxylic acids is 1. The molecule has 1 atom stereocenters. The van der Waals surface area contributed by atoms with Crippen molar-refractivity contribution in [3.8, 4) is 11.5 Å². The number of hydrogen-bond acceptors (Lipinski definition) is 4. The number of likely N-dealkylation sites (N-methyl/N-ethyl adjacent to an activating group) is 1. The van der Waals surface area contributed by atoms with Gasteiger partial charge in [0.1, 0.15) is 0 Å². The van der Waals surface area contributed by atoms with Gasteiger partial charge in [-0.05, 0) is 26.1 Å². The third-order valence-electron chi connectivity index (χ3n) is 2.70. The zero-order chi connectivity index (χ0) is 16.6. The molecule has 0 spiro atoms. The van der Waals surface area contributed by atoms with Crippen molar-refractivity contribution in [1.82, 2.24) is 10.6 Å². The number of carbonyl (C=O) groups is 1. The zero-order valence-corrected chi connectivity index (χ0v) is 13.6. The van der Waals surface area contributed by atoms with E-state index in [0.29, 0.717) is 6.54 Å². The van der Waals surface area contributed by atoms with Crippen LogP contribution in [0, 0.1) is 0 Å². The van der Waals surface area contributed by atoms with Crippen molar-refractivity contribution in [3.63, 3.8) is 0 Å². The second-order valence-electron chi connectivity index (χ2n) is 4.63. The number of nitrogens with one attached hydrogen (secondary N) is 2. The Kier molecular flexibility index (Phi) is 9.43. The van der Waals surface area contributed by atoms with Gasteiger partial charge in [-0.15, -0.1) is 12.4 Å². The predicted octanol–water partition coefficient (Wildman–Crippen LogP) is 2.15. The summed E-state index contributed by atoms with van der Waals surface area (Å²) in [5.74, 6) is -0.340. The van der Waals surface area contributed by atoms with E-state index in [1.165, 1.54) is 18.2 Å². The highest BCUT2D eigenvalue weighted by Gasteiger charge is 2.29. The Morgan fingerprint density at radius 1 is 1.22 bits per heavy atom. The molecule has 1 aromatic rings. The zero-order valence-electron chi connectivity index (χ0n) is 12.8. The minimum atomic E-state index is -4.44. The van der Waals surface area contributed by atoms with E-state index in [9.17, 15) is 18.0 Å². The molecular weight excluding hydrogens is 337 g/mol. The van der Waals surface area contributed by atoms with Gasteiger partial charge in [0.15, 0.2) is 24.7 Å². The third-order valence-corrected chi connectivity index (χ3v) is 2.70. The Morgan fingerprint density at radius 2 is 1.78 bits per heavy atom. The van der Waals surface area contributed by atoms with Gasteiger partial charge in [-0.3, -0.25) is 4.79 Å². The van der Waals surface area contributed by atoms with Crippen LogP contribution in [0.5, 0.6) is 11.5 Å². The molecule has 23 heavy (non-hydrogen) atoms. The van der Waals surface area contributed by atoms with Crippen molar-refractivity contribution in [2.45, 2.75) is 19.1 Å². The van der Waals surface area contributed by atoms with Crippen molar-refractivity contribution in [1.29, 1.82) is 0 Å². The van der Waals surface area contributed by atoms with Crippen LogP contribution in [0.2, 0.25) is 0 Å². The van der Waals surface area contributed by atoms with Crippen molar-refractivity contribution in [3.05, 3.63) is 24.3 Å². The van der Waals surface area contributed by atoms with Gasteiger partial charge in [0.2, 0.25) is 0 Å². The first kappa shape index (κ1) is 21.3. The summed E-state index contributed by atoms with van der Waals surface area (Å²) < 4.78 is 46.3. The number of para-hydroxylation sites is 2. The lowest BCUT2D eigenvalue weighted by Crippen LogP contribution is -2.39. The molecule has 0 fully saturated rings. The molecule has 0 aromatic heterocycles. The summed E-state index contributed by atoms with van der Waals surface area (Å²) in [6, 6.07) is 5.99. The lowest BCUT2D eigenvalue weighted by atomic mass is 10.3. The largest absolute Gasteiger partial charge is 0.480 e. The molecule has 132 valence electrons. The van der Waals surface area contributed by atoms with Crippen LogP contribution in [0.15, 0.2) is 24.3 Å². The van der Waals surface area contributed by atoms with E-state index in [1.54, 1.807) is 13.1 Å². The fraction of sp³-hybridized carbons (Fsp3) is 0.500. The van der Waals surface area contributed by atoms with E-state index in [0.717, 1.165) is 0 Å². The van der Waals surface area contributed by atoms with Crippen LogP contribution in [0.1, 0.15) is 6.92 Å². The molecule has 1 unspecified atom stereocenters. The number of rotatable bonds is 8. The molecule has 0 heterocycles. The maximum absolute atomic E-state index is 12.2. The molecule has 0 aliphatic rings. The fourth-order valence-corrected chi connectivity index (χ4v) is 1.41. The number of halogens is 4. The quantitative estimate of drug-likeness (QED) is 0.749. The predicted molar refractivity (Wildman–Crippen MR) is 82.3 cm³/mol. The van der Waals surface area contributed by atoms with Gasteiger partial charge in [0, 0.05) is 12.6 Å². The van der Waals surface area contributed by atoms with E-state index >= 15 is 0 Å². The average Bonchev–Trinajstić information content (AvgIpc) is 2.48. The summed E-state index contributed by atoms with van der Waals surface area (Å²) in [4.78, 5) is 11.6. The minimum absolute atomic E-state index is 0. The second kappa shape index (κ2) is 10.2. The highest BCUT2D eigenvalue weighted by molar-refractivity contribution is 5.85. The normalized spacial score (nSPS) is 12.0. The van der Waals surface area contributed by atoms with Crippen LogP contribution in [0.4, 0.5) is 13.2 Å². The van der Waals surface area contributed by atoms with Gasteiger partial charge in [0.05, 0.1) is 0 Å². The molecule has 0 saturated heterocycles. The first-order valence-corrected chi connectivity index (χ1v) is 6.67. The Hall–Kier alpha value is -1.67. The first-order valence-electron chi connectivity index (χ1n) is 6.67. The molecule has 1 aromatic carbocycles. The first-order chi connectivity index (χ1) is 10.3. The maximum atomic E-state index is 12.2. The Balaban J connectivity index is 0.00000484. The lowest BCUT2D eigenvalue weighted by Gasteiger charge is -2.14. The molecule has 0 aliphatic carbocycles. The molecule has 0 aliphatic heterocycles. The van der Waals surface area contributed by atoms with Crippen LogP contribution in [0.3, 0.4) is 0 Å². The number of alkyl halides is 3. The minimum Gasteiger partial charge on any atom is -0.480 e. The SMILES string of the molecule is CNC(C)CNC(=O)COc1ccccc1OCC(F)(F)F.Cl. The molecule has 0 radical (unpaired) electrons. The van der Waals surface area contributed by atoms with Gasteiger partial charge in [0.25, 0.3) is 5.91 Å². The van der Waals surface area contributed by atoms with Crippen molar-refractivity contribution in [2.24, 2.45) is 0 Å². The summed E-state index contributed by atoms with van der Waals surface area (Å²) in [5, 5.41) is 5.58. The number of hydrogen-bond donors (Lipinski definition) is 2. The molecule has 2 N–H and O–H groups in total. The van der Waals surface area contributed by atoms with Crippen LogP contribution in [0.25, 0.3) is 0 Å². The summed E-state index contributed by atoms with van der Waals surface area (Å²) in [5.41, 5.74) is 0. The summed E-state index contributed by atoms with van der Waals surface area (Å²) >= 11 is 0. The van der Waals surface area contributed by atoms with Gasteiger partial charge in [-0.2, -0.15) is 13.2 Å². The molecule has 1 amide bonds. The van der Waals surface area contributed by atoms with E-state index in [2.05, 4.69) is 15.4 Å². The monoisotopic (exact) mass is 356 g/mol. The molecule has 9 heteroatoms. The lowest BCUT2D eigenvalue weighted by molar-refractivity contribution is -0.153. The molecule has 0 saturated carbocycles. The van der Waals surface area contributed by atoms with Crippen LogP contribution < -0.4 is 20.1 Å². The number of ether oxygens (including phenoxy) is 2. The van der Waals surface area contributed by atoms with Crippen LogP contribution >= 0.6 is 12.4 Å². The average molecular weight is 357 g/mol. The van der Waals surface area contributed by atoms with E-state index in [-0.39, 0.29) is 42.5 Å². The summed E-state index contributed by atoms with van der Waals surface area (Å²) in [6.45, 7) is 0.592. The number of amides is 1. The molecule has 5 nitrogen and oxygen atoms in total. The second-order valence-corrected chi connectivity index (χ2v) is 4.63. The van der Waals surface area contributed by atoms with Crippen molar-refractivity contribution >= 4 is 18.3 Å². The van der Waals surface area contributed by atoms with E-state index in [1.807, 2.05) is 6.92 Å². The summed E-state index contributed by atoms with van der Waals surface area (Å²) in [6.07, 6.45) is -4.44. The summed E-state index contributed by atoms with van der Waals surface area (Å²) in [7, 11) is 1.77. The van der Waals surface area contributed by atoms with Crippen LogP contribution in [-0.2, 0) is 4.79 Å². The molecule has 0 bridgehead atoms.